The van der Waals surface area contributed by atoms with Gasteiger partial charge in [-0.1, -0.05) is 54.1 Å². The molecule has 6 nitrogen and oxygen atoms in total. The first-order valence-corrected chi connectivity index (χ1v) is 8.62. The van der Waals surface area contributed by atoms with Crippen molar-refractivity contribution in [2.75, 3.05) is 11.9 Å². The third kappa shape index (κ3) is 4.21. The highest BCUT2D eigenvalue weighted by Gasteiger charge is 2.38. The Hall–Kier alpha value is -2.86. The summed E-state index contributed by atoms with van der Waals surface area (Å²) in [5, 5.41) is 5.63. The number of hydrogen-bond acceptors (Lipinski definition) is 3. The number of hydrogen-bond donors (Lipinski definition) is 2. The Kier molecular flexibility index (Phi) is 5.53. The molecule has 1 fully saturated rings. The van der Waals surface area contributed by atoms with E-state index in [4.69, 9.17) is 11.6 Å². The first-order chi connectivity index (χ1) is 12.5. The molecule has 1 aliphatic rings. The zero-order valence-electron chi connectivity index (χ0n) is 13.9. The lowest BCUT2D eigenvalue weighted by molar-refractivity contribution is -0.130. The summed E-state index contributed by atoms with van der Waals surface area (Å²) in [4.78, 5) is 37.6. The highest BCUT2D eigenvalue weighted by Crippen LogP contribution is 2.20. The number of aryl methyl sites for hydroxylation is 1. The summed E-state index contributed by atoms with van der Waals surface area (Å²) in [6, 6.07) is 15.3. The number of benzene rings is 2. The van der Waals surface area contributed by atoms with Gasteiger partial charge in [0.05, 0.1) is 10.7 Å². The molecule has 1 aliphatic heterocycles. The van der Waals surface area contributed by atoms with Gasteiger partial charge in [0.25, 0.3) is 5.91 Å². The molecule has 2 N–H and O–H groups in total. The van der Waals surface area contributed by atoms with E-state index in [0.29, 0.717) is 23.6 Å². The smallest absolute Gasteiger partial charge is 0.325 e. The minimum Gasteiger partial charge on any atom is -0.326 e. The fourth-order valence-corrected chi connectivity index (χ4v) is 2.96. The molecule has 134 valence electrons. The van der Waals surface area contributed by atoms with Gasteiger partial charge >= 0.3 is 6.03 Å². The molecule has 2 aromatic rings. The topological polar surface area (TPSA) is 78.5 Å². The number of carbonyl (C=O) groups is 3. The van der Waals surface area contributed by atoms with Crippen LogP contribution in [-0.4, -0.2) is 35.3 Å². The van der Waals surface area contributed by atoms with Crippen molar-refractivity contribution < 1.29 is 14.4 Å². The molecule has 0 bridgehead atoms. The predicted octanol–water partition coefficient (Wildman–Crippen LogP) is 2.83. The summed E-state index contributed by atoms with van der Waals surface area (Å²) in [7, 11) is 0. The van der Waals surface area contributed by atoms with Crippen LogP contribution in [0.2, 0.25) is 5.02 Å². The number of para-hydroxylation sites is 1. The highest BCUT2D eigenvalue weighted by molar-refractivity contribution is 6.33. The molecule has 1 saturated heterocycles. The quantitative estimate of drug-likeness (QED) is 0.766. The van der Waals surface area contributed by atoms with E-state index in [1.54, 1.807) is 24.3 Å². The van der Waals surface area contributed by atoms with Crippen molar-refractivity contribution in [3.05, 3.63) is 65.2 Å². The van der Waals surface area contributed by atoms with E-state index in [1.165, 1.54) is 0 Å². The minimum atomic E-state index is -0.615. The molecule has 1 heterocycles. The van der Waals surface area contributed by atoms with Gasteiger partial charge in [-0.3, -0.25) is 14.5 Å². The molecule has 0 radical (unpaired) electrons. The maximum atomic E-state index is 12.4. The molecule has 0 spiro atoms. The van der Waals surface area contributed by atoms with Crippen LogP contribution in [-0.2, 0) is 16.0 Å². The SMILES string of the molecule is O=C(CN1C(=O)N[C@@H](CCc2ccccc2)C1=O)Nc1ccccc1Cl. The summed E-state index contributed by atoms with van der Waals surface area (Å²) in [5.74, 6) is -0.870. The summed E-state index contributed by atoms with van der Waals surface area (Å²) in [6.07, 6.45) is 1.15. The molecule has 26 heavy (non-hydrogen) atoms. The van der Waals surface area contributed by atoms with E-state index < -0.39 is 18.0 Å². The maximum absolute atomic E-state index is 12.4. The van der Waals surface area contributed by atoms with Gasteiger partial charge in [-0.25, -0.2) is 4.79 Å². The number of imide groups is 1. The number of rotatable bonds is 6. The maximum Gasteiger partial charge on any atom is 0.325 e. The van der Waals surface area contributed by atoms with Crippen LogP contribution in [0.3, 0.4) is 0 Å². The average Bonchev–Trinajstić information content (AvgIpc) is 2.90. The van der Waals surface area contributed by atoms with Crippen LogP contribution in [0, 0.1) is 0 Å². The van der Waals surface area contributed by atoms with Crippen molar-refractivity contribution in [3.8, 4) is 0 Å². The largest absolute Gasteiger partial charge is 0.326 e. The Morgan fingerprint density at radius 3 is 2.50 bits per heavy atom. The standard InChI is InChI=1S/C19H18ClN3O3/c20-14-8-4-5-9-15(14)21-17(24)12-23-18(25)16(22-19(23)26)11-10-13-6-2-1-3-7-13/h1-9,16H,10-12H2,(H,21,24)(H,22,26)/t16-/m0/s1. The molecule has 1 atom stereocenters. The first-order valence-electron chi connectivity index (χ1n) is 8.25. The van der Waals surface area contributed by atoms with Crippen molar-refractivity contribution >= 4 is 35.1 Å². The Bertz CT molecular complexity index is 826. The van der Waals surface area contributed by atoms with E-state index in [2.05, 4.69) is 10.6 Å². The van der Waals surface area contributed by atoms with Gasteiger partial charge in [0.15, 0.2) is 0 Å². The number of halogens is 1. The van der Waals surface area contributed by atoms with E-state index >= 15 is 0 Å². The van der Waals surface area contributed by atoms with Crippen molar-refractivity contribution in [2.45, 2.75) is 18.9 Å². The Morgan fingerprint density at radius 1 is 1.08 bits per heavy atom. The van der Waals surface area contributed by atoms with Gasteiger partial charge in [-0.05, 0) is 30.5 Å². The van der Waals surface area contributed by atoms with E-state index in [0.717, 1.165) is 10.5 Å². The molecular formula is C19H18ClN3O3. The third-order valence-corrected chi connectivity index (χ3v) is 4.45. The number of carbonyl (C=O) groups excluding carboxylic acids is 3. The molecule has 7 heteroatoms. The number of nitrogens with one attached hydrogen (secondary N) is 2. The van der Waals surface area contributed by atoms with Crippen LogP contribution < -0.4 is 10.6 Å². The van der Waals surface area contributed by atoms with Crippen LogP contribution in [0.1, 0.15) is 12.0 Å². The molecule has 4 amide bonds. The van der Waals surface area contributed by atoms with Crippen LogP contribution in [0.15, 0.2) is 54.6 Å². The summed E-state index contributed by atoms with van der Waals surface area (Å²) < 4.78 is 0. The van der Waals surface area contributed by atoms with Gasteiger partial charge in [0.1, 0.15) is 12.6 Å². The Morgan fingerprint density at radius 2 is 1.77 bits per heavy atom. The fraction of sp³-hybridized carbons (Fsp3) is 0.211. The first kappa shape index (κ1) is 17.9. The van der Waals surface area contributed by atoms with Gasteiger partial charge in [-0.15, -0.1) is 0 Å². The lowest BCUT2D eigenvalue weighted by Crippen LogP contribution is -2.38. The number of anilines is 1. The van der Waals surface area contributed by atoms with Crippen LogP contribution in [0.4, 0.5) is 10.5 Å². The lowest BCUT2D eigenvalue weighted by atomic mass is 10.1. The summed E-state index contributed by atoms with van der Waals surface area (Å²) in [6.45, 7) is -0.349. The van der Waals surface area contributed by atoms with Crippen LogP contribution >= 0.6 is 11.6 Å². The Balaban J connectivity index is 1.56. The molecule has 0 unspecified atom stereocenters. The van der Waals surface area contributed by atoms with E-state index in [-0.39, 0.29) is 12.5 Å². The van der Waals surface area contributed by atoms with Gasteiger partial charge in [0.2, 0.25) is 5.91 Å². The zero-order chi connectivity index (χ0) is 18.5. The minimum absolute atomic E-state index is 0.349. The predicted molar refractivity (Wildman–Crippen MR) is 98.9 cm³/mol. The number of nitrogens with zero attached hydrogens (tertiary/aromatic N) is 1. The Labute approximate surface area is 156 Å². The summed E-state index contributed by atoms with van der Waals surface area (Å²) >= 11 is 5.99. The molecule has 0 saturated carbocycles. The van der Waals surface area contributed by atoms with Crippen molar-refractivity contribution in [2.24, 2.45) is 0 Å². The summed E-state index contributed by atoms with van der Waals surface area (Å²) in [5.41, 5.74) is 1.52. The van der Waals surface area contributed by atoms with Crippen molar-refractivity contribution in [3.63, 3.8) is 0 Å². The highest BCUT2D eigenvalue weighted by atomic mass is 35.5. The molecule has 2 aromatic carbocycles. The van der Waals surface area contributed by atoms with Gasteiger partial charge in [0, 0.05) is 0 Å². The molecule has 0 aromatic heterocycles. The van der Waals surface area contributed by atoms with Crippen LogP contribution in [0.25, 0.3) is 0 Å². The van der Waals surface area contributed by atoms with Gasteiger partial charge < -0.3 is 10.6 Å². The normalized spacial score (nSPS) is 16.5. The number of amides is 4. The van der Waals surface area contributed by atoms with Crippen molar-refractivity contribution in [1.29, 1.82) is 0 Å². The zero-order valence-corrected chi connectivity index (χ0v) is 14.7. The number of urea groups is 1. The lowest BCUT2D eigenvalue weighted by Gasteiger charge is -2.13. The second kappa shape index (κ2) is 8.01. The van der Waals surface area contributed by atoms with Crippen molar-refractivity contribution in [1.82, 2.24) is 10.2 Å². The second-order valence-corrected chi connectivity index (χ2v) is 6.39. The molecular weight excluding hydrogens is 354 g/mol. The third-order valence-electron chi connectivity index (χ3n) is 4.12. The van der Waals surface area contributed by atoms with Crippen LogP contribution in [0.5, 0.6) is 0 Å². The monoisotopic (exact) mass is 371 g/mol. The van der Waals surface area contributed by atoms with E-state index in [1.807, 2.05) is 30.3 Å². The molecule has 0 aliphatic carbocycles. The fourth-order valence-electron chi connectivity index (χ4n) is 2.77. The van der Waals surface area contributed by atoms with E-state index in [9.17, 15) is 14.4 Å². The van der Waals surface area contributed by atoms with Gasteiger partial charge in [-0.2, -0.15) is 0 Å². The second-order valence-electron chi connectivity index (χ2n) is 5.98. The average molecular weight is 372 g/mol. The molecule has 3 rings (SSSR count).